The highest BCUT2D eigenvalue weighted by Crippen LogP contribution is 2.20. The normalized spacial score (nSPS) is 21.1. The van der Waals surface area contributed by atoms with Crippen LogP contribution in [0.15, 0.2) is 10.7 Å². The van der Waals surface area contributed by atoms with Gasteiger partial charge in [0.25, 0.3) is 5.91 Å². The number of halogens is 1. The number of carbonyl (C=O) groups is 1. The molecule has 0 aliphatic carbocycles. The topological polar surface area (TPSA) is 46.3 Å². The first-order valence-corrected chi connectivity index (χ1v) is 6.02. The summed E-state index contributed by atoms with van der Waals surface area (Å²) in [5, 5.41) is 3.63. The fraction of sp³-hybridized carbons (Fsp3) is 0.636. The summed E-state index contributed by atoms with van der Waals surface area (Å²) in [4.78, 5) is 14.0. The summed E-state index contributed by atoms with van der Waals surface area (Å²) in [7, 11) is 0. The Morgan fingerprint density at radius 3 is 3.19 bits per heavy atom. The molecule has 1 aromatic rings. The highest BCUT2D eigenvalue weighted by Gasteiger charge is 2.25. The van der Waals surface area contributed by atoms with Gasteiger partial charge < -0.3 is 9.42 Å². The molecule has 4 nitrogen and oxygen atoms in total. The number of carbonyl (C=O) groups excluding carboxylic acids is 1. The van der Waals surface area contributed by atoms with Crippen molar-refractivity contribution >= 4 is 17.5 Å². The lowest BCUT2D eigenvalue weighted by molar-refractivity contribution is 0.0683. The molecule has 1 aliphatic rings. The highest BCUT2D eigenvalue weighted by atomic mass is 35.5. The maximum absolute atomic E-state index is 12.1. The van der Waals surface area contributed by atoms with Crippen molar-refractivity contribution in [3.8, 4) is 0 Å². The van der Waals surface area contributed by atoms with Gasteiger partial charge in [-0.1, -0.05) is 5.16 Å². The molecule has 88 valence electrons. The van der Waals surface area contributed by atoms with Gasteiger partial charge in [-0.3, -0.25) is 4.79 Å². The molecule has 1 unspecified atom stereocenters. The Morgan fingerprint density at radius 1 is 1.75 bits per heavy atom. The van der Waals surface area contributed by atoms with Gasteiger partial charge >= 0.3 is 0 Å². The molecule has 0 spiro atoms. The third-order valence-electron chi connectivity index (χ3n) is 3.01. The number of amides is 1. The van der Waals surface area contributed by atoms with Gasteiger partial charge in [0, 0.05) is 19.0 Å². The van der Waals surface area contributed by atoms with Gasteiger partial charge in [0.1, 0.15) is 11.3 Å². The van der Waals surface area contributed by atoms with Crippen molar-refractivity contribution in [1.82, 2.24) is 10.1 Å². The van der Waals surface area contributed by atoms with Crippen LogP contribution in [0.5, 0.6) is 0 Å². The van der Waals surface area contributed by atoms with Crippen LogP contribution in [0.1, 0.15) is 29.0 Å². The van der Waals surface area contributed by atoms with Crippen molar-refractivity contribution in [1.29, 1.82) is 0 Å². The number of likely N-dealkylation sites (tertiary alicyclic amines) is 1. The lowest BCUT2D eigenvalue weighted by Gasteiger charge is -2.31. The summed E-state index contributed by atoms with van der Waals surface area (Å²) in [6.45, 7) is 3.30. The van der Waals surface area contributed by atoms with Crippen LogP contribution in [0.4, 0.5) is 0 Å². The molecule has 0 aromatic carbocycles. The maximum Gasteiger partial charge on any atom is 0.259 e. The summed E-state index contributed by atoms with van der Waals surface area (Å²) in [6, 6.07) is 0. The number of hydrogen-bond donors (Lipinski definition) is 0. The van der Waals surface area contributed by atoms with E-state index in [1.165, 1.54) is 6.20 Å². The van der Waals surface area contributed by atoms with Gasteiger partial charge in [-0.25, -0.2) is 0 Å². The monoisotopic (exact) mass is 242 g/mol. The van der Waals surface area contributed by atoms with Crippen molar-refractivity contribution in [2.75, 3.05) is 19.0 Å². The summed E-state index contributed by atoms with van der Waals surface area (Å²) < 4.78 is 4.91. The lowest BCUT2D eigenvalue weighted by Crippen LogP contribution is -2.40. The zero-order chi connectivity index (χ0) is 11.5. The molecule has 2 heterocycles. The summed E-state index contributed by atoms with van der Waals surface area (Å²) >= 11 is 5.84. The quantitative estimate of drug-likeness (QED) is 0.746. The predicted molar refractivity (Wildman–Crippen MR) is 60.6 cm³/mol. The first-order chi connectivity index (χ1) is 7.72. The lowest BCUT2D eigenvalue weighted by atomic mass is 9.99. The third kappa shape index (κ3) is 2.21. The van der Waals surface area contributed by atoms with Crippen LogP contribution in [0.25, 0.3) is 0 Å². The third-order valence-corrected chi connectivity index (χ3v) is 3.44. The van der Waals surface area contributed by atoms with E-state index >= 15 is 0 Å². The van der Waals surface area contributed by atoms with Gasteiger partial charge in [-0.05, 0) is 25.7 Å². The summed E-state index contributed by atoms with van der Waals surface area (Å²) in [6.07, 6.45) is 3.62. The molecule has 1 aromatic heterocycles. The number of aromatic nitrogens is 1. The van der Waals surface area contributed by atoms with Crippen LogP contribution >= 0.6 is 11.6 Å². The number of hydrogen-bond acceptors (Lipinski definition) is 3. The maximum atomic E-state index is 12.1. The zero-order valence-electron chi connectivity index (χ0n) is 9.28. The van der Waals surface area contributed by atoms with Crippen LogP contribution < -0.4 is 0 Å². The fourth-order valence-corrected chi connectivity index (χ4v) is 2.30. The first kappa shape index (κ1) is 11.5. The SMILES string of the molecule is Cc1oncc1C(=O)N1CCCC(CCl)C1. The molecule has 1 saturated heterocycles. The highest BCUT2D eigenvalue weighted by molar-refractivity contribution is 6.18. The Hall–Kier alpha value is -1.03. The average Bonchev–Trinajstić information content (AvgIpc) is 2.74. The van der Waals surface area contributed by atoms with E-state index < -0.39 is 0 Å². The second-order valence-electron chi connectivity index (χ2n) is 4.21. The van der Waals surface area contributed by atoms with E-state index in [1.54, 1.807) is 6.92 Å². The van der Waals surface area contributed by atoms with E-state index in [2.05, 4.69) is 5.16 Å². The average molecular weight is 243 g/mol. The number of alkyl halides is 1. The van der Waals surface area contributed by atoms with Crippen molar-refractivity contribution < 1.29 is 9.32 Å². The largest absolute Gasteiger partial charge is 0.361 e. The molecule has 0 saturated carbocycles. The minimum absolute atomic E-state index is 0.00793. The van der Waals surface area contributed by atoms with E-state index in [0.29, 0.717) is 23.1 Å². The molecule has 0 bridgehead atoms. The van der Waals surface area contributed by atoms with E-state index in [9.17, 15) is 4.79 Å². The number of nitrogens with zero attached hydrogens (tertiary/aromatic N) is 2. The van der Waals surface area contributed by atoms with Gasteiger partial charge in [0.05, 0.1) is 6.20 Å². The Balaban J connectivity index is 2.07. The molecule has 5 heteroatoms. The fourth-order valence-electron chi connectivity index (χ4n) is 2.05. The second-order valence-corrected chi connectivity index (χ2v) is 4.52. The van der Waals surface area contributed by atoms with Crippen molar-refractivity contribution in [2.24, 2.45) is 5.92 Å². The zero-order valence-corrected chi connectivity index (χ0v) is 10.0. The van der Waals surface area contributed by atoms with Crippen molar-refractivity contribution in [3.63, 3.8) is 0 Å². The van der Waals surface area contributed by atoms with E-state index in [-0.39, 0.29) is 5.91 Å². The molecule has 0 N–H and O–H groups in total. The standard InChI is InChI=1S/C11H15ClN2O2/c1-8-10(6-13-16-8)11(15)14-4-2-3-9(5-12)7-14/h6,9H,2-5,7H2,1H3. The molecule has 1 amide bonds. The van der Waals surface area contributed by atoms with Crippen molar-refractivity contribution in [2.45, 2.75) is 19.8 Å². The molecule has 1 aliphatic heterocycles. The summed E-state index contributed by atoms with van der Waals surface area (Å²) in [5.41, 5.74) is 0.565. The molecule has 16 heavy (non-hydrogen) atoms. The van der Waals surface area contributed by atoms with Gasteiger partial charge in [-0.2, -0.15) is 0 Å². The molecule has 2 rings (SSSR count). The molecular weight excluding hydrogens is 228 g/mol. The number of piperidine rings is 1. The Labute approximate surface area is 99.5 Å². The molecule has 1 atom stereocenters. The van der Waals surface area contributed by atoms with Crippen molar-refractivity contribution in [3.05, 3.63) is 17.5 Å². The minimum Gasteiger partial charge on any atom is -0.361 e. The first-order valence-electron chi connectivity index (χ1n) is 5.49. The van der Waals surface area contributed by atoms with Crippen LogP contribution in [0, 0.1) is 12.8 Å². The molecule has 0 radical (unpaired) electrons. The van der Waals surface area contributed by atoms with E-state index in [4.69, 9.17) is 16.1 Å². The Bertz CT molecular complexity index is 378. The Morgan fingerprint density at radius 2 is 2.56 bits per heavy atom. The number of rotatable bonds is 2. The van der Waals surface area contributed by atoms with E-state index in [1.807, 2.05) is 4.90 Å². The Kier molecular flexibility index (Phi) is 3.49. The number of aryl methyl sites for hydroxylation is 1. The minimum atomic E-state index is 0.00793. The molecule has 1 fully saturated rings. The summed E-state index contributed by atoms with van der Waals surface area (Å²) in [5.74, 6) is 1.62. The smallest absolute Gasteiger partial charge is 0.259 e. The van der Waals surface area contributed by atoms with Gasteiger partial charge in [-0.15, -0.1) is 11.6 Å². The van der Waals surface area contributed by atoms with Crippen LogP contribution in [-0.4, -0.2) is 34.9 Å². The van der Waals surface area contributed by atoms with Crippen LogP contribution in [-0.2, 0) is 0 Å². The van der Waals surface area contributed by atoms with E-state index in [0.717, 1.165) is 25.9 Å². The molecular formula is C11H15ClN2O2. The van der Waals surface area contributed by atoms with Gasteiger partial charge in [0.2, 0.25) is 0 Å². The van der Waals surface area contributed by atoms with Gasteiger partial charge in [0.15, 0.2) is 0 Å². The second kappa shape index (κ2) is 4.87. The predicted octanol–water partition coefficient (Wildman–Crippen LogP) is 2.07. The van der Waals surface area contributed by atoms with Crippen LogP contribution in [0.2, 0.25) is 0 Å². The van der Waals surface area contributed by atoms with Crippen LogP contribution in [0.3, 0.4) is 0 Å².